The monoisotopic (exact) mass is 523 g/mol. The SMILES string of the molecule is COc1ccc(S(=O)(=O)N2CCCC2)cc1NC(=O)CCCN(c1ccc(C)c(C)c1)S(C)(=O)=O. The zero-order valence-corrected chi connectivity index (χ0v) is 22.2. The number of anilines is 2. The first kappa shape index (κ1) is 27.0. The van der Waals surface area contributed by atoms with Gasteiger partial charge in [0.15, 0.2) is 0 Å². The number of amides is 1. The second-order valence-electron chi connectivity index (χ2n) is 8.73. The van der Waals surface area contributed by atoms with Crippen LogP contribution in [0.3, 0.4) is 0 Å². The van der Waals surface area contributed by atoms with Crippen LogP contribution in [0.1, 0.15) is 36.8 Å². The molecular formula is C24H33N3O6S2. The van der Waals surface area contributed by atoms with Crippen molar-refractivity contribution >= 4 is 37.3 Å². The van der Waals surface area contributed by atoms with Crippen LogP contribution < -0.4 is 14.4 Å². The van der Waals surface area contributed by atoms with Gasteiger partial charge in [-0.25, -0.2) is 16.8 Å². The first-order valence-electron chi connectivity index (χ1n) is 11.5. The largest absolute Gasteiger partial charge is 0.495 e. The fourth-order valence-corrected chi connectivity index (χ4v) is 6.49. The molecule has 192 valence electrons. The smallest absolute Gasteiger partial charge is 0.243 e. The lowest BCUT2D eigenvalue weighted by Gasteiger charge is -2.23. The highest BCUT2D eigenvalue weighted by Gasteiger charge is 2.28. The van der Waals surface area contributed by atoms with Crippen LogP contribution in [0.5, 0.6) is 5.75 Å². The van der Waals surface area contributed by atoms with Crippen LogP contribution in [-0.4, -0.2) is 60.0 Å². The van der Waals surface area contributed by atoms with E-state index in [2.05, 4.69) is 5.32 Å². The van der Waals surface area contributed by atoms with E-state index in [9.17, 15) is 21.6 Å². The average Bonchev–Trinajstić information content (AvgIpc) is 3.34. The second-order valence-corrected chi connectivity index (χ2v) is 12.6. The highest BCUT2D eigenvalue weighted by atomic mass is 32.2. The number of nitrogens with one attached hydrogen (secondary N) is 1. The third-order valence-corrected chi connectivity index (χ3v) is 9.18. The molecule has 1 fully saturated rings. The second kappa shape index (κ2) is 11.0. The Balaban J connectivity index is 1.70. The van der Waals surface area contributed by atoms with Gasteiger partial charge in [0.2, 0.25) is 26.0 Å². The molecule has 0 unspecified atom stereocenters. The van der Waals surface area contributed by atoms with E-state index in [4.69, 9.17) is 4.74 Å². The number of aryl methyl sites for hydroxylation is 2. The minimum absolute atomic E-state index is 0.0448. The van der Waals surface area contributed by atoms with Gasteiger partial charge in [0.05, 0.1) is 29.6 Å². The van der Waals surface area contributed by atoms with Crippen molar-refractivity contribution in [1.29, 1.82) is 0 Å². The molecule has 1 saturated heterocycles. The van der Waals surface area contributed by atoms with Crippen LogP contribution in [0.25, 0.3) is 0 Å². The summed E-state index contributed by atoms with van der Waals surface area (Å²) in [6.45, 7) is 4.96. The van der Waals surface area contributed by atoms with Gasteiger partial charge in [0.1, 0.15) is 5.75 Å². The third-order valence-electron chi connectivity index (χ3n) is 6.09. The Bertz CT molecular complexity index is 1290. The Hall–Kier alpha value is -2.63. The number of hydrogen-bond donors (Lipinski definition) is 1. The highest BCUT2D eigenvalue weighted by Crippen LogP contribution is 2.30. The van der Waals surface area contributed by atoms with E-state index in [1.165, 1.54) is 33.9 Å². The number of hydrogen-bond acceptors (Lipinski definition) is 6. The number of ether oxygens (including phenoxy) is 1. The van der Waals surface area contributed by atoms with Crippen LogP contribution in [0.15, 0.2) is 41.3 Å². The number of methoxy groups -OCH3 is 1. The summed E-state index contributed by atoms with van der Waals surface area (Å²) >= 11 is 0. The molecule has 11 heteroatoms. The van der Waals surface area contributed by atoms with E-state index in [0.29, 0.717) is 24.5 Å². The minimum atomic E-state index is -3.65. The number of sulfonamides is 2. The topological polar surface area (TPSA) is 113 Å². The van der Waals surface area contributed by atoms with Gasteiger partial charge in [-0.05, 0) is 74.6 Å². The quantitative estimate of drug-likeness (QED) is 0.511. The molecule has 2 aromatic carbocycles. The highest BCUT2D eigenvalue weighted by molar-refractivity contribution is 7.92. The molecule has 0 saturated carbocycles. The van der Waals surface area contributed by atoms with Gasteiger partial charge < -0.3 is 10.1 Å². The molecule has 3 rings (SSSR count). The van der Waals surface area contributed by atoms with E-state index in [1.807, 2.05) is 26.0 Å². The predicted molar refractivity (Wildman–Crippen MR) is 137 cm³/mol. The lowest BCUT2D eigenvalue weighted by Crippen LogP contribution is -2.31. The van der Waals surface area contributed by atoms with Crippen molar-refractivity contribution in [2.75, 3.05) is 42.6 Å². The minimum Gasteiger partial charge on any atom is -0.495 e. The van der Waals surface area contributed by atoms with Crippen molar-refractivity contribution in [3.63, 3.8) is 0 Å². The summed E-state index contributed by atoms with van der Waals surface area (Å²) < 4.78 is 58.6. The lowest BCUT2D eigenvalue weighted by molar-refractivity contribution is -0.116. The van der Waals surface area contributed by atoms with Crippen LogP contribution in [0, 0.1) is 13.8 Å². The van der Waals surface area contributed by atoms with Crippen molar-refractivity contribution in [3.8, 4) is 5.75 Å². The maximum absolute atomic E-state index is 12.9. The Morgan fingerprint density at radius 1 is 1.03 bits per heavy atom. The number of nitrogens with zero attached hydrogens (tertiary/aromatic N) is 2. The lowest BCUT2D eigenvalue weighted by atomic mass is 10.1. The summed E-state index contributed by atoms with van der Waals surface area (Å²) in [6, 6.07) is 9.82. The number of carbonyl (C=O) groups is 1. The van der Waals surface area contributed by atoms with Crippen LogP contribution in [-0.2, 0) is 24.8 Å². The molecule has 1 aliphatic rings. The van der Waals surface area contributed by atoms with Crippen LogP contribution >= 0.6 is 0 Å². The zero-order valence-electron chi connectivity index (χ0n) is 20.6. The molecule has 9 nitrogen and oxygen atoms in total. The summed E-state index contributed by atoms with van der Waals surface area (Å²) in [6.07, 6.45) is 3.11. The fraction of sp³-hybridized carbons (Fsp3) is 0.458. The molecule has 0 radical (unpaired) electrons. The van der Waals surface area contributed by atoms with Crippen LogP contribution in [0.4, 0.5) is 11.4 Å². The summed E-state index contributed by atoms with van der Waals surface area (Å²) in [7, 11) is -5.75. The molecule has 0 bridgehead atoms. The summed E-state index contributed by atoms with van der Waals surface area (Å²) in [4.78, 5) is 12.8. The molecule has 1 N–H and O–H groups in total. The Kier molecular flexibility index (Phi) is 8.45. The van der Waals surface area contributed by atoms with Crippen molar-refractivity contribution in [1.82, 2.24) is 4.31 Å². The first-order chi connectivity index (χ1) is 16.4. The molecule has 0 atom stereocenters. The van der Waals surface area contributed by atoms with Gasteiger partial charge in [-0.3, -0.25) is 9.10 Å². The normalized spacial score (nSPS) is 14.6. The van der Waals surface area contributed by atoms with E-state index < -0.39 is 20.0 Å². The van der Waals surface area contributed by atoms with E-state index in [1.54, 1.807) is 6.07 Å². The van der Waals surface area contributed by atoms with Gasteiger partial charge >= 0.3 is 0 Å². The van der Waals surface area contributed by atoms with Gasteiger partial charge in [-0.1, -0.05) is 6.07 Å². The summed E-state index contributed by atoms with van der Waals surface area (Å²) in [5, 5.41) is 2.72. The molecule has 2 aromatic rings. The van der Waals surface area contributed by atoms with Crippen molar-refractivity contribution in [3.05, 3.63) is 47.5 Å². The molecule has 1 aliphatic heterocycles. The molecule has 1 amide bonds. The van der Waals surface area contributed by atoms with E-state index >= 15 is 0 Å². The molecule has 0 spiro atoms. The van der Waals surface area contributed by atoms with Crippen molar-refractivity contribution in [2.24, 2.45) is 0 Å². The third kappa shape index (κ3) is 6.53. The van der Waals surface area contributed by atoms with Crippen molar-refractivity contribution in [2.45, 2.75) is 44.4 Å². The zero-order chi connectivity index (χ0) is 25.8. The Morgan fingerprint density at radius 3 is 2.31 bits per heavy atom. The summed E-state index contributed by atoms with van der Waals surface area (Å²) in [5.41, 5.74) is 2.85. The molecule has 1 heterocycles. The van der Waals surface area contributed by atoms with E-state index in [-0.39, 0.29) is 35.9 Å². The molecule has 0 aliphatic carbocycles. The number of carbonyl (C=O) groups excluding carboxylic acids is 1. The number of rotatable bonds is 10. The van der Waals surface area contributed by atoms with Gasteiger partial charge in [0, 0.05) is 26.1 Å². The molecular weight excluding hydrogens is 490 g/mol. The van der Waals surface area contributed by atoms with Crippen molar-refractivity contribution < 1.29 is 26.4 Å². The van der Waals surface area contributed by atoms with Gasteiger partial charge in [-0.15, -0.1) is 0 Å². The fourth-order valence-electron chi connectivity index (χ4n) is 3.99. The van der Waals surface area contributed by atoms with E-state index in [0.717, 1.165) is 30.2 Å². The number of benzene rings is 2. The standard InChI is InChI=1S/C24H33N3O6S2/c1-18-9-10-20(16-19(18)2)27(34(4,29)30)15-7-8-24(28)25-22-17-21(11-12-23(22)33-3)35(31,32)26-13-5-6-14-26/h9-12,16-17H,5-8,13-15H2,1-4H3,(H,25,28). The van der Waals surface area contributed by atoms with Gasteiger partial charge in [0.25, 0.3) is 0 Å². The maximum atomic E-state index is 12.9. The Labute approximate surface area is 208 Å². The predicted octanol–water partition coefficient (Wildman–Crippen LogP) is 3.28. The molecule has 0 aromatic heterocycles. The Morgan fingerprint density at radius 2 is 1.71 bits per heavy atom. The maximum Gasteiger partial charge on any atom is 0.243 e. The first-order valence-corrected chi connectivity index (χ1v) is 14.8. The average molecular weight is 524 g/mol. The molecule has 35 heavy (non-hydrogen) atoms. The summed E-state index contributed by atoms with van der Waals surface area (Å²) in [5.74, 6) is -0.0285. The van der Waals surface area contributed by atoms with Gasteiger partial charge in [-0.2, -0.15) is 4.31 Å². The van der Waals surface area contributed by atoms with Crippen LogP contribution in [0.2, 0.25) is 0 Å².